The fraction of sp³-hybridized carbons (Fsp3) is 0.900. The van der Waals surface area contributed by atoms with Crippen molar-refractivity contribution in [2.45, 2.75) is 71.3 Å². The largest absolute Gasteiger partial charge is 0.381 e. The molecule has 0 atom stereocenters. The van der Waals surface area contributed by atoms with Crippen LogP contribution in [0.3, 0.4) is 0 Å². The smallest absolute Gasteiger partial charge is 0.222 e. The van der Waals surface area contributed by atoms with Crippen molar-refractivity contribution < 1.29 is 19.1 Å². The van der Waals surface area contributed by atoms with Crippen LogP contribution in [0.25, 0.3) is 0 Å². The molecule has 25 heavy (non-hydrogen) atoms. The number of ketones is 1. The average molecular weight is 354 g/mol. The van der Waals surface area contributed by atoms with E-state index in [-0.39, 0.29) is 17.9 Å². The standard InChI is InChI=1S/C20H35NO4/c1-3-19(22)17-11-18(12-17)21-20(23)9-10-25-14-16-7-5-15(6-8-16)13-24-4-2/h15-18H,3-14H2,1-2H3,(H,21,23). The zero-order valence-corrected chi connectivity index (χ0v) is 15.9. The van der Waals surface area contributed by atoms with E-state index in [4.69, 9.17) is 9.47 Å². The quantitative estimate of drug-likeness (QED) is 0.580. The van der Waals surface area contributed by atoms with Gasteiger partial charge in [-0.25, -0.2) is 0 Å². The van der Waals surface area contributed by atoms with Gasteiger partial charge in [-0.05, 0) is 57.3 Å². The Hall–Kier alpha value is -0.940. The zero-order valence-electron chi connectivity index (χ0n) is 15.9. The molecule has 0 aromatic rings. The summed E-state index contributed by atoms with van der Waals surface area (Å²) >= 11 is 0. The summed E-state index contributed by atoms with van der Waals surface area (Å²) in [6.07, 6.45) is 7.52. The van der Waals surface area contributed by atoms with Gasteiger partial charge in [0.15, 0.2) is 0 Å². The molecular weight excluding hydrogens is 318 g/mol. The highest BCUT2D eigenvalue weighted by Gasteiger charge is 2.34. The molecule has 0 saturated heterocycles. The van der Waals surface area contributed by atoms with Crippen LogP contribution in [-0.2, 0) is 19.1 Å². The van der Waals surface area contributed by atoms with Crippen molar-refractivity contribution >= 4 is 11.7 Å². The summed E-state index contributed by atoms with van der Waals surface area (Å²) in [5, 5.41) is 3.00. The Bertz CT molecular complexity index is 412. The van der Waals surface area contributed by atoms with Gasteiger partial charge in [0.2, 0.25) is 5.91 Å². The summed E-state index contributed by atoms with van der Waals surface area (Å²) in [5.41, 5.74) is 0. The third-order valence-corrected chi connectivity index (χ3v) is 5.66. The number of carbonyl (C=O) groups is 2. The molecule has 0 spiro atoms. The van der Waals surface area contributed by atoms with Gasteiger partial charge in [-0.15, -0.1) is 0 Å². The zero-order chi connectivity index (χ0) is 18.1. The lowest BCUT2D eigenvalue weighted by atomic mass is 9.77. The fourth-order valence-electron chi connectivity index (χ4n) is 3.85. The van der Waals surface area contributed by atoms with Gasteiger partial charge in [-0.2, -0.15) is 0 Å². The van der Waals surface area contributed by atoms with Crippen molar-refractivity contribution in [2.24, 2.45) is 17.8 Å². The van der Waals surface area contributed by atoms with Crippen molar-refractivity contribution in [3.05, 3.63) is 0 Å². The van der Waals surface area contributed by atoms with Gasteiger partial charge in [0, 0.05) is 44.6 Å². The number of hydrogen-bond acceptors (Lipinski definition) is 4. The van der Waals surface area contributed by atoms with E-state index < -0.39 is 0 Å². The molecule has 0 aromatic carbocycles. The molecule has 2 fully saturated rings. The van der Waals surface area contributed by atoms with E-state index in [1.165, 1.54) is 25.7 Å². The number of amides is 1. The predicted octanol–water partition coefficient (Wildman–Crippen LogP) is 3.11. The predicted molar refractivity (Wildman–Crippen MR) is 97.3 cm³/mol. The molecule has 5 heteroatoms. The normalized spacial score (nSPS) is 29.0. The maximum absolute atomic E-state index is 11.9. The second kappa shape index (κ2) is 10.9. The van der Waals surface area contributed by atoms with Gasteiger partial charge in [-0.1, -0.05) is 6.92 Å². The summed E-state index contributed by atoms with van der Waals surface area (Å²) in [6.45, 7) is 6.91. The van der Waals surface area contributed by atoms with Crippen LogP contribution in [0.5, 0.6) is 0 Å². The van der Waals surface area contributed by atoms with Gasteiger partial charge in [0.05, 0.1) is 6.61 Å². The van der Waals surface area contributed by atoms with Crippen molar-refractivity contribution in [3.63, 3.8) is 0 Å². The maximum Gasteiger partial charge on any atom is 0.222 e. The third-order valence-electron chi connectivity index (χ3n) is 5.66. The van der Waals surface area contributed by atoms with E-state index in [0.717, 1.165) is 32.7 Å². The van der Waals surface area contributed by atoms with E-state index in [1.54, 1.807) is 0 Å². The van der Waals surface area contributed by atoms with Crippen LogP contribution in [0, 0.1) is 17.8 Å². The van der Waals surface area contributed by atoms with Crippen LogP contribution >= 0.6 is 0 Å². The second-order valence-corrected chi connectivity index (χ2v) is 7.62. The minimum absolute atomic E-state index is 0.0489. The van der Waals surface area contributed by atoms with Crippen molar-refractivity contribution in [2.75, 3.05) is 26.4 Å². The van der Waals surface area contributed by atoms with E-state index in [0.29, 0.717) is 37.1 Å². The van der Waals surface area contributed by atoms with Crippen molar-refractivity contribution in [1.29, 1.82) is 0 Å². The highest BCUT2D eigenvalue weighted by molar-refractivity contribution is 5.82. The third kappa shape index (κ3) is 7.06. The molecule has 2 rings (SSSR count). The SMILES string of the molecule is CCOCC1CCC(COCCC(=O)NC2CC(C(=O)CC)C2)CC1. The summed E-state index contributed by atoms with van der Waals surface area (Å²) in [5.74, 6) is 1.89. The minimum Gasteiger partial charge on any atom is -0.381 e. The molecule has 2 aliphatic carbocycles. The Morgan fingerprint density at radius 3 is 2.12 bits per heavy atom. The van der Waals surface area contributed by atoms with Gasteiger partial charge in [-0.3, -0.25) is 9.59 Å². The molecule has 5 nitrogen and oxygen atoms in total. The molecule has 2 aliphatic rings. The molecule has 0 aromatic heterocycles. The van der Waals surface area contributed by atoms with Gasteiger partial charge >= 0.3 is 0 Å². The van der Waals surface area contributed by atoms with E-state index in [1.807, 2.05) is 13.8 Å². The molecule has 1 amide bonds. The molecule has 2 saturated carbocycles. The van der Waals surface area contributed by atoms with Gasteiger partial charge in [0.25, 0.3) is 0 Å². The van der Waals surface area contributed by atoms with Crippen molar-refractivity contribution in [1.82, 2.24) is 5.32 Å². The number of rotatable bonds is 11. The first kappa shape index (κ1) is 20.4. The highest BCUT2D eigenvalue weighted by atomic mass is 16.5. The average Bonchev–Trinajstić information content (AvgIpc) is 2.60. The second-order valence-electron chi connectivity index (χ2n) is 7.62. The fourth-order valence-corrected chi connectivity index (χ4v) is 3.85. The molecule has 144 valence electrons. The van der Waals surface area contributed by atoms with E-state index in [9.17, 15) is 9.59 Å². The van der Waals surface area contributed by atoms with Gasteiger partial charge in [0.1, 0.15) is 5.78 Å². The van der Waals surface area contributed by atoms with E-state index in [2.05, 4.69) is 5.32 Å². The highest BCUT2D eigenvalue weighted by Crippen LogP contribution is 2.30. The summed E-state index contributed by atoms with van der Waals surface area (Å²) < 4.78 is 11.2. The summed E-state index contributed by atoms with van der Waals surface area (Å²) in [6, 6.07) is 0.189. The van der Waals surface area contributed by atoms with Gasteiger partial charge < -0.3 is 14.8 Å². The Morgan fingerprint density at radius 2 is 1.56 bits per heavy atom. The first-order chi connectivity index (χ1) is 12.1. The maximum atomic E-state index is 11.9. The van der Waals surface area contributed by atoms with Crippen LogP contribution < -0.4 is 5.32 Å². The lowest BCUT2D eigenvalue weighted by Gasteiger charge is -2.34. The van der Waals surface area contributed by atoms with E-state index >= 15 is 0 Å². The topological polar surface area (TPSA) is 64.6 Å². The molecule has 0 unspecified atom stereocenters. The number of Topliss-reactive ketones (excluding diaryl/α,β-unsaturated/α-hetero) is 1. The number of ether oxygens (including phenoxy) is 2. The first-order valence-electron chi connectivity index (χ1n) is 10.1. The Balaban J connectivity index is 1.46. The molecule has 0 radical (unpaired) electrons. The molecule has 0 aliphatic heterocycles. The van der Waals surface area contributed by atoms with Crippen LogP contribution in [0.1, 0.15) is 65.2 Å². The monoisotopic (exact) mass is 353 g/mol. The van der Waals surface area contributed by atoms with Crippen LogP contribution in [0.15, 0.2) is 0 Å². The number of hydrogen-bond donors (Lipinski definition) is 1. The lowest BCUT2D eigenvalue weighted by Crippen LogP contribution is -2.46. The molecule has 1 N–H and O–H groups in total. The number of carbonyl (C=O) groups excluding carboxylic acids is 2. The molecule has 0 heterocycles. The van der Waals surface area contributed by atoms with Crippen LogP contribution in [-0.4, -0.2) is 44.2 Å². The molecule has 0 bridgehead atoms. The van der Waals surface area contributed by atoms with Crippen molar-refractivity contribution in [3.8, 4) is 0 Å². The Kier molecular flexibility index (Phi) is 8.90. The lowest BCUT2D eigenvalue weighted by molar-refractivity contribution is -0.129. The van der Waals surface area contributed by atoms with Crippen LogP contribution in [0.2, 0.25) is 0 Å². The van der Waals surface area contributed by atoms with Crippen LogP contribution in [0.4, 0.5) is 0 Å². The first-order valence-corrected chi connectivity index (χ1v) is 10.1. The minimum atomic E-state index is 0.0489. The Morgan fingerprint density at radius 1 is 0.960 bits per heavy atom. The Labute approximate surface area is 152 Å². The molecular formula is C20H35NO4. The number of nitrogens with one attached hydrogen (secondary N) is 1. The summed E-state index contributed by atoms with van der Waals surface area (Å²) in [4.78, 5) is 23.4. The summed E-state index contributed by atoms with van der Waals surface area (Å²) in [7, 11) is 0.